The van der Waals surface area contributed by atoms with Gasteiger partial charge in [-0.2, -0.15) is 5.26 Å². The minimum atomic E-state index is -0.328. The summed E-state index contributed by atoms with van der Waals surface area (Å²) in [5.74, 6) is -0.657. The molecule has 0 saturated heterocycles. The first-order valence-electron chi connectivity index (χ1n) is 3.16. The lowest BCUT2D eigenvalue weighted by Crippen LogP contribution is -2.30. The van der Waals surface area contributed by atoms with E-state index < -0.39 is 0 Å². The molecule has 0 bridgehead atoms. The second-order valence-corrected chi connectivity index (χ2v) is 2.07. The van der Waals surface area contributed by atoms with Gasteiger partial charge in [-0.15, -0.1) is 0 Å². The van der Waals surface area contributed by atoms with E-state index in [1.807, 2.05) is 6.07 Å². The minimum Gasteiger partial charge on any atom is -0.274 e. The predicted octanol–water partition coefficient (Wildman–Crippen LogP) is -0.175. The molecule has 1 aliphatic rings. The summed E-state index contributed by atoms with van der Waals surface area (Å²) >= 11 is 0. The maximum atomic E-state index is 10.8. The topological polar surface area (TPSA) is 61.2 Å². The van der Waals surface area contributed by atoms with Gasteiger partial charge < -0.3 is 0 Å². The lowest BCUT2D eigenvalue weighted by Gasteiger charge is -2.09. The van der Waals surface area contributed by atoms with Crippen LogP contribution in [0.2, 0.25) is 0 Å². The summed E-state index contributed by atoms with van der Waals surface area (Å²) in [5, 5.41) is 8.18. The maximum Gasteiger partial charge on any atom is 0.253 e. The monoisotopic (exact) mass is 150 g/mol. The Bertz CT molecular complexity index is 244. The molecular weight excluding hydrogens is 144 g/mol. The fourth-order valence-corrected chi connectivity index (χ4v) is 0.813. The van der Waals surface area contributed by atoms with Gasteiger partial charge in [0.15, 0.2) is 0 Å². The third-order valence-corrected chi connectivity index (χ3v) is 1.35. The summed E-state index contributed by atoms with van der Waals surface area (Å²) in [6, 6.07) is 1.86. The van der Waals surface area contributed by atoms with Crippen LogP contribution in [0.1, 0.15) is 6.42 Å². The molecule has 0 aliphatic carbocycles. The van der Waals surface area contributed by atoms with Crippen molar-refractivity contribution in [2.75, 3.05) is 6.54 Å². The van der Waals surface area contributed by atoms with Gasteiger partial charge in [0.1, 0.15) is 0 Å². The Morgan fingerprint density at radius 3 is 2.36 bits per heavy atom. The van der Waals surface area contributed by atoms with Gasteiger partial charge in [-0.1, -0.05) is 0 Å². The summed E-state index contributed by atoms with van der Waals surface area (Å²) in [4.78, 5) is 22.6. The average molecular weight is 150 g/mol. The highest BCUT2D eigenvalue weighted by molar-refractivity contribution is 6.12. The van der Waals surface area contributed by atoms with E-state index in [9.17, 15) is 9.59 Å². The molecule has 0 radical (unpaired) electrons. The molecular formula is C7H6N2O2. The molecule has 56 valence electrons. The molecule has 4 heteroatoms. The van der Waals surface area contributed by atoms with Crippen LogP contribution in [-0.2, 0) is 9.59 Å². The lowest BCUT2D eigenvalue weighted by atomic mass is 10.4. The molecule has 1 rings (SSSR count). The molecule has 0 atom stereocenters. The first-order chi connectivity index (χ1) is 5.25. The molecule has 1 heterocycles. The molecule has 11 heavy (non-hydrogen) atoms. The normalized spacial score (nSPS) is 15.7. The zero-order chi connectivity index (χ0) is 8.27. The Labute approximate surface area is 63.7 Å². The van der Waals surface area contributed by atoms with Crippen LogP contribution in [0.25, 0.3) is 0 Å². The van der Waals surface area contributed by atoms with Crippen molar-refractivity contribution in [1.82, 2.24) is 4.90 Å². The Hall–Kier alpha value is -1.63. The second kappa shape index (κ2) is 2.97. The molecule has 0 saturated carbocycles. The summed E-state index contributed by atoms with van der Waals surface area (Å²) in [5.41, 5.74) is 0. The van der Waals surface area contributed by atoms with Gasteiger partial charge in [0.2, 0.25) is 0 Å². The van der Waals surface area contributed by atoms with Gasteiger partial charge >= 0.3 is 0 Å². The lowest BCUT2D eigenvalue weighted by molar-refractivity contribution is -0.136. The van der Waals surface area contributed by atoms with Gasteiger partial charge in [0.05, 0.1) is 12.5 Å². The van der Waals surface area contributed by atoms with Crippen LogP contribution in [0.3, 0.4) is 0 Å². The minimum absolute atomic E-state index is 0.194. The van der Waals surface area contributed by atoms with E-state index in [0.717, 1.165) is 4.90 Å². The standard InChI is InChI=1S/C7H6N2O2/c8-4-1-5-9-6(10)2-3-7(9)11/h2-3H,1,5H2. The summed E-state index contributed by atoms with van der Waals surface area (Å²) in [6.45, 7) is 0.196. The van der Waals surface area contributed by atoms with Crippen molar-refractivity contribution in [3.63, 3.8) is 0 Å². The van der Waals surface area contributed by atoms with Gasteiger partial charge in [-0.05, 0) is 0 Å². The molecule has 0 fully saturated rings. The SMILES string of the molecule is N#CCCN1C(=O)C=CC1=O. The van der Waals surface area contributed by atoms with Crippen molar-refractivity contribution in [3.05, 3.63) is 12.2 Å². The zero-order valence-electron chi connectivity index (χ0n) is 5.78. The van der Waals surface area contributed by atoms with Crippen LogP contribution >= 0.6 is 0 Å². The zero-order valence-corrected chi connectivity index (χ0v) is 5.78. The van der Waals surface area contributed by atoms with Crippen molar-refractivity contribution in [3.8, 4) is 6.07 Å². The van der Waals surface area contributed by atoms with E-state index in [-0.39, 0.29) is 24.8 Å². The van der Waals surface area contributed by atoms with Crippen LogP contribution in [0.15, 0.2) is 12.2 Å². The number of hydrogen-bond acceptors (Lipinski definition) is 3. The number of rotatable bonds is 2. The second-order valence-electron chi connectivity index (χ2n) is 2.07. The molecule has 0 unspecified atom stereocenters. The third-order valence-electron chi connectivity index (χ3n) is 1.35. The van der Waals surface area contributed by atoms with E-state index in [4.69, 9.17) is 5.26 Å². The largest absolute Gasteiger partial charge is 0.274 e. The van der Waals surface area contributed by atoms with Crippen LogP contribution in [0, 0.1) is 11.3 Å². The number of hydrogen-bond donors (Lipinski definition) is 0. The highest BCUT2D eigenvalue weighted by atomic mass is 16.2. The molecule has 0 spiro atoms. The Balaban J connectivity index is 2.54. The van der Waals surface area contributed by atoms with Crippen LogP contribution < -0.4 is 0 Å². The van der Waals surface area contributed by atoms with Crippen molar-refractivity contribution < 1.29 is 9.59 Å². The smallest absolute Gasteiger partial charge is 0.253 e. The highest BCUT2D eigenvalue weighted by Gasteiger charge is 2.21. The Morgan fingerprint density at radius 1 is 1.36 bits per heavy atom. The van der Waals surface area contributed by atoms with Crippen molar-refractivity contribution in [2.45, 2.75) is 6.42 Å². The van der Waals surface area contributed by atoms with E-state index >= 15 is 0 Å². The summed E-state index contributed by atoms with van der Waals surface area (Å²) in [7, 11) is 0. The van der Waals surface area contributed by atoms with Gasteiger partial charge in [0, 0.05) is 18.7 Å². The number of amides is 2. The quantitative estimate of drug-likeness (QED) is 0.513. The van der Waals surface area contributed by atoms with E-state index in [2.05, 4.69) is 0 Å². The van der Waals surface area contributed by atoms with Gasteiger partial charge in [-0.25, -0.2) is 0 Å². The van der Waals surface area contributed by atoms with Crippen LogP contribution in [-0.4, -0.2) is 23.3 Å². The molecule has 2 amide bonds. The van der Waals surface area contributed by atoms with Crippen molar-refractivity contribution in [1.29, 1.82) is 5.26 Å². The van der Waals surface area contributed by atoms with E-state index in [1.165, 1.54) is 12.2 Å². The number of nitrogens with zero attached hydrogens (tertiary/aromatic N) is 2. The van der Waals surface area contributed by atoms with E-state index in [0.29, 0.717) is 0 Å². The van der Waals surface area contributed by atoms with Crippen molar-refractivity contribution in [2.24, 2.45) is 0 Å². The molecule has 4 nitrogen and oxygen atoms in total. The average Bonchev–Trinajstić information content (AvgIpc) is 2.29. The fraction of sp³-hybridized carbons (Fsp3) is 0.286. The first-order valence-corrected chi connectivity index (χ1v) is 3.16. The molecule has 1 aliphatic heterocycles. The molecule has 0 N–H and O–H groups in total. The Kier molecular flexibility index (Phi) is 2.02. The van der Waals surface area contributed by atoms with Crippen LogP contribution in [0.4, 0.5) is 0 Å². The number of nitriles is 1. The molecule has 0 aromatic rings. The molecule has 0 aromatic heterocycles. The van der Waals surface area contributed by atoms with E-state index in [1.54, 1.807) is 0 Å². The molecule has 0 aromatic carbocycles. The maximum absolute atomic E-state index is 10.8. The van der Waals surface area contributed by atoms with Gasteiger partial charge in [0.25, 0.3) is 11.8 Å². The van der Waals surface area contributed by atoms with Crippen LogP contribution in [0.5, 0.6) is 0 Å². The third kappa shape index (κ3) is 1.44. The Morgan fingerprint density at radius 2 is 1.91 bits per heavy atom. The number of carbonyl (C=O) groups is 2. The highest BCUT2D eigenvalue weighted by Crippen LogP contribution is 2.03. The number of imide groups is 1. The predicted molar refractivity (Wildman–Crippen MR) is 36.1 cm³/mol. The fourth-order valence-electron chi connectivity index (χ4n) is 0.813. The number of carbonyl (C=O) groups excluding carboxylic acids is 2. The van der Waals surface area contributed by atoms with Gasteiger partial charge in [-0.3, -0.25) is 14.5 Å². The summed E-state index contributed by atoms with van der Waals surface area (Å²) in [6.07, 6.45) is 2.61. The summed E-state index contributed by atoms with van der Waals surface area (Å²) < 4.78 is 0. The van der Waals surface area contributed by atoms with Crippen molar-refractivity contribution >= 4 is 11.8 Å². The first kappa shape index (κ1) is 7.48.